The van der Waals surface area contributed by atoms with E-state index in [2.05, 4.69) is 43.5 Å². The van der Waals surface area contributed by atoms with Gasteiger partial charge in [0.2, 0.25) is 5.91 Å². The van der Waals surface area contributed by atoms with Gasteiger partial charge in [0.15, 0.2) is 0 Å². The molecular formula is C64H123NO5. The minimum Gasteiger partial charge on any atom is -0.466 e. The first-order valence-electron chi connectivity index (χ1n) is 31.6. The SMILES string of the molecule is CCCCCCCC/C=C\CCCCCCCCCCCC(=O)OCCCCCC/C=C\CCCCCCCCCC(=O)NC(CO)C(O)CCCCCCCCCCCCCCCCCCCCC. The topological polar surface area (TPSA) is 95.9 Å². The van der Waals surface area contributed by atoms with Crippen molar-refractivity contribution in [3.8, 4) is 0 Å². The van der Waals surface area contributed by atoms with Crippen LogP contribution in [0.25, 0.3) is 0 Å². The molecule has 6 nitrogen and oxygen atoms in total. The molecule has 0 aliphatic carbocycles. The minimum absolute atomic E-state index is 0.00966. The largest absolute Gasteiger partial charge is 0.466 e. The molecule has 0 aliphatic rings. The number of unbranched alkanes of at least 4 members (excludes halogenated alkanes) is 44. The summed E-state index contributed by atoms with van der Waals surface area (Å²) in [6.45, 7) is 4.94. The van der Waals surface area contributed by atoms with Crippen molar-refractivity contribution in [2.24, 2.45) is 0 Å². The van der Waals surface area contributed by atoms with Crippen LogP contribution in [0.2, 0.25) is 0 Å². The Hall–Kier alpha value is -1.66. The van der Waals surface area contributed by atoms with E-state index in [4.69, 9.17) is 4.74 Å². The van der Waals surface area contributed by atoms with Gasteiger partial charge in [0, 0.05) is 12.8 Å². The van der Waals surface area contributed by atoms with Crippen molar-refractivity contribution in [2.45, 2.75) is 360 Å². The van der Waals surface area contributed by atoms with E-state index in [0.29, 0.717) is 25.9 Å². The number of amides is 1. The van der Waals surface area contributed by atoms with E-state index in [9.17, 15) is 19.8 Å². The molecule has 0 saturated carbocycles. The Morgan fingerprint density at radius 3 is 1.01 bits per heavy atom. The van der Waals surface area contributed by atoms with Gasteiger partial charge in [-0.15, -0.1) is 0 Å². The van der Waals surface area contributed by atoms with Crippen molar-refractivity contribution < 1.29 is 24.5 Å². The highest BCUT2D eigenvalue weighted by Gasteiger charge is 2.20. The summed E-state index contributed by atoms with van der Waals surface area (Å²) in [7, 11) is 0. The van der Waals surface area contributed by atoms with Gasteiger partial charge < -0.3 is 20.3 Å². The van der Waals surface area contributed by atoms with Crippen LogP contribution in [0.1, 0.15) is 348 Å². The molecule has 0 rings (SSSR count). The van der Waals surface area contributed by atoms with Crippen LogP contribution in [0, 0.1) is 0 Å². The van der Waals surface area contributed by atoms with Crippen molar-refractivity contribution in [1.82, 2.24) is 5.32 Å². The number of esters is 1. The second-order valence-electron chi connectivity index (χ2n) is 21.7. The fourth-order valence-corrected chi connectivity index (χ4v) is 9.87. The number of aliphatic hydroxyl groups excluding tert-OH is 2. The molecule has 0 heterocycles. The van der Waals surface area contributed by atoms with E-state index >= 15 is 0 Å². The van der Waals surface area contributed by atoms with Gasteiger partial charge in [0.05, 0.1) is 25.4 Å². The van der Waals surface area contributed by atoms with E-state index in [1.807, 2.05) is 0 Å². The van der Waals surface area contributed by atoms with Gasteiger partial charge >= 0.3 is 5.97 Å². The molecule has 0 aliphatic heterocycles. The zero-order valence-corrected chi connectivity index (χ0v) is 47.3. The summed E-state index contributed by atoms with van der Waals surface area (Å²) in [5, 5.41) is 23.3. The summed E-state index contributed by atoms with van der Waals surface area (Å²) in [6.07, 6.45) is 73.2. The third-order valence-corrected chi connectivity index (χ3v) is 14.7. The van der Waals surface area contributed by atoms with Crippen molar-refractivity contribution in [2.75, 3.05) is 13.2 Å². The maximum absolute atomic E-state index is 12.5. The van der Waals surface area contributed by atoms with E-state index < -0.39 is 12.1 Å². The Morgan fingerprint density at radius 2 is 0.671 bits per heavy atom. The lowest BCUT2D eigenvalue weighted by Gasteiger charge is -2.22. The molecule has 2 unspecified atom stereocenters. The summed E-state index contributed by atoms with van der Waals surface area (Å²) < 4.78 is 5.48. The molecule has 3 N–H and O–H groups in total. The quantitative estimate of drug-likeness (QED) is 0.0321. The van der Waals surface area contributed by atoms with Crippen molar-refractivity contribution in [3.05, 3.63) is 24.3 Å². The smallest absolute Gasteiger partial charge is 0.305 e. The Kier molecular flexibility index (Phi) is 58.5. The molecule has 0 aromatic rings. The number of ether oxygens (including phenoxy) is 1. The predicted molar refractivity (Wildman–Crippen MR) is 306 cm³/mol. The number of allylic oxidation sites excluding steroid dienone is 4. The average Bonchev–Trinajstić information content (AvgIpc) is 3.36. The molecule has 414 valence electrons. The summed E-state index contributed by atoms with van der Waals surface area (Å²) in [4.78, 5) is 24.6. The summed E-state index contributed by atoms with van der Waals surface area (Å²) in [5.74, 6) is -0.0569. The number of nitrogens with one attached hydrogen (secondary N) is 1. The zero-order chi connectivity index (χ0) is 50.7. The lowest BCUT2D eigenvalue weighted by atomic mass is 10.0. The van der Waals surface area contributed by atoms with E-state index in [1.54, 1.807) is 0 Å². The molecule has 0 fully saturated rings. The van der Waals surface area contributed by atoms with Gasteiger partial charge in [0.1, 0.15) is 0 Å². The van der Waals surface area contributed by atoms with Gasteiger partial charge in [-0.3, -0.25) is 9.59 Å². The normalized spacial score (nSPS) is 12.7. The van der Waals surface area contributed by atoms with Gasteiger partial charge in [-0.05, 0) is 77.0 Å². The molecule has 0 bridgehead atoms. The predicted octanol–water partition coefficient (Wildman–Crippen LogP) is 19.8. The molecule has 70 heavy (non-hydrogen) atoms. The molecule has 0 aromatic heterocycles. The standard InChI is InChI=1S/C64H123NO5/c1-3-5-7-9-11-13-15-17-19-21-23-25-28-32-36-40-44-48-52-56-62(67)61(60-66)65-63(68)57-53-49-45-41-37-33-29-27-31-35-39-43-47-51-55-59-70-64(69)58-54-50-46-42-38-34-30-26-24-22-20-18-16-14-12-10-8-6-4-2/h18,20,31,35,61-62,66-67H,3-17,19,21-30,32-34,36-60H2,1-2H3,(H,65,68)/b20-18-,35-31-. The molecular weight excluding hydrogens is 863 g/mol. The van der Waals surface area contributed by atoms with Gasteiger partial charge in [-0.1, -0.05) is 282 Å². The van der Waals surface area contributed by atoms with Crippen LogP contribution < -0.4 is 5.32 Å². The van der Waals surface area contributed by atoms with Gasteiger partial charge in [0.25, 0.3) is 0 Å². The molecule has 6 heteroatoms. The van der Waals surface area contributed by atoms with Crippen LogP contribution in [0.3, 0.4) is 0 Å². The molecule has 0 radical (unpaired) electrons. The van der Waals surface area contributed by atoms with E-state index in [1.165, 1.54) is 244 Å². The zero-order valence-electron chi connectivity index (χ0n) is 47.3. The molecule has 0 spiro atoms. The van der Waals surface area contributed by atoms with Crippen LogP contribution in [0.5, 0.6) is 0 Å². The van der Waals surface area contributed by atoms with Gasteiger partial charge in [-0.25, -0.2) is 0 Å². The van der Waals surface area contributed by atoms with Crippen LogP contribution in [0.15, 0.2) is 24.3 Å². The molecule has 0 aromatic carbocycles. The monoisotopic (exact) mass is 986 g/mol. The number of hydrogen-bond acceptors (Lipinski definition) is 5. The Morgan fingerprint density at radius 1 is 0.386 bits per heavy atom. The highest BCUT2D eigenvalue weighted by molar-refractivity contribution is 5.76. The van der Waals surface area contributed by atoms with Crippen molar-refractivity contribution in [3.63, 3.8) is 0 Å². The Labute approximate surface area is 437 Å². The van der Waals surface area contributed by atoms with Crippen LogP contribution in [-0.2, 0) is 14.3 Å². The lowest BCUT2D eigenvalue weighted by Crippen LogP contribution is -2.45. The first-order valence-corrected chi connectivity index (χ1v) is 31.6. The second-order valence-corrected chi connectivity index (χ2v) is 21.7. The number of carbonyl (C=O) groups excluding carboxylic acids is 2. The van der Waals surface area contributed by atoms with Crippen LogP contribution in [-0.4, -0.2) is 47.4 Å². The van der Waals surface area contributed by atoms with Crippen LogP contribution in [0.4, 0.5) is 0 Å². The number of rotatable bonds is 59. The maximum atomic E-state index is 12.5. The molecule has 0 saturated heterocycles. The third-order valence-electron chi connectivity index (χ3n) is 14.7. The Balaban J connectivity index is 3.45. The third kappa shape index (κ3) is 55.7. The minimum atomic E-state index is -0.675. The Bertz CT molecular complexity index is 1090. The maximum Gasteiger partial charge on any atom is 0.305 e. The summed E-state index contributed by atoms with van der Waals surface area (Å²) in [5.41, 5.74) is 0. The first kappa shape index (κ1) is 68.3. The van der Waals surface area contributed by atoms with Gasteiger partial charge in [-0.2, -0.15) is 0 Å². The lowest BCUT2D eigenvalue weighted by molar-refractivity contribution is -0.143. The van der Waals surface area contributed by atoms with Crippen molar-refractivity contribution >= 4 is 11.9 Å². The highest BCUT2D eigenvalue weighted by Crippen LogP contribution is 2.18. The number of carbonyl (C=O) groups is 2. The van der Waals surface area contributed by atoms with Crippen LogP contribution >= 0.6 is 0 Å². The number of hydrogen-bond donors (Lipinski definition) is 3. The average molecular weight is 987 g/mol. The number of aliphatic hydroxyl groups is 2. The van der Waals surface area contributed by atoms with E-state index in [-0.39, 0.29) is 18.5 Å². The second kappa shape index (κ2) is 59.9. The fraction of sp³-hybridized carbons (Fsp3) is 0.906. The fourth-order valence-electron chi connectivity index (χ4n) is 9.87. The van der Waals surface area contributed by atoms with Crippen molar-refractivity contribution in [1.29, 1.82) is 0 Å². The summed E-state index contributed by atoms with van der Waals surface area (Å²) >= 11 is 0. The van der Waals surface area contributed by atoms with E-state index in [0.717, 1.165) is 70.6 Å². The molecule has 2 atom stereocenters. The molecule has 1 amide bonds. The summed E-state index contributed by atoms with van der Waals surface area (Å²) in [6, 6.07) is -0.554. The first-order chi connectivity index (χ1) is 34.5. The highest BCUT2D eigenvalue weighted by atomic mass is 16.5.